The van der Waals surface area contributed by atoms with Crippen LogP contribution < -0.4 is 10.6 Å². The number of carbonyl (C=O) groups is 2. The summed E-state index contributed by atoms with van der Waals surface area (Å²) in [6.07, 6.45) is 6.85. The van der Waals surface area contributed by atoms with Crippen LogP contribution in [0.1, 0.15) is 50.5 Å². The van der Waals surface area contributed by atoms with Crippen molar-refractivity contribution < 1.29 is 9.59 Å². The molecule has 23 heavy (non-hydrogen) atoms. The average molecular weight is 335 g/mol. The maximum Gasteiger partial charge on any atom is 0.240 e. The SMILES string of the molecule is Cc1c(Cl)cccc1NC(=O)C1(C(=O)NC2CCCCC2)CC1. The second kappa shape index (κ2) is 6.52. The van der Waals surface area contributed by atoms with Crippen LogP contribution in [0.4, 0.5) is 5.69 Å². The summed E-state index contributed by atoms with van der Waals surface area (Å²) in [5, 5.41) is 6.59. The molecule has 4 nitrogen and oxygen atoms in total. The minimum absolute atomic E-state index is 0.110. The molecular formula is C18H23ClN2O2. The molecule has 0 spiro atoms. The van der Waals surface area contributed by atoms with Gasteiger partial charge in [0.2, 0.25) is 11.8 Å². The van der Waals surface area contributed by atoms with Crippen molar-refractivity contribution in [3.8, 4) is 0 Å². The molecule has 3 rings (SSSR count). The molecule has 124 valence electrons. The first-order valence-corrected chi connectivity index (χ1v) is 8.78. The highest BCUT2D eigenvalue weighted by molar-refractivity contribution is 6.31. The molecule has 1 aromatic carbocycles. The van der Waals surface area contributed by atoms with Crippen molar-refractivity contribution in [1.29, 1.82) is 0 Å². The molecular weight excluding hydrogens is 312 g/mol. The van der Waals surface area contributed by atoms with Crippen LogP contribution in [0.5, 0.6) is 0 Å². The van der Waals surface area contributed by atoms with Gasteiger partial charge in [-0.1, -0.05) is 36.9 Å². The number of anilines is 1. The third-order valence-corrected chi connectivity index (χ3v) is 5.49. The van der Waals surface area contributed by atoms with Crippen LogP contribution in [0.2, 0.25) is 5.02 Å². The largest absolute Gasteiger partial charge is 0.352 e. The number of benzene rings is 1. The summed E-state index contributed by atoms with van der Waals surface area (Å²) in [5.41, 5.74) is 0.622. The summed E-state index contributed by atoms with van der Waals surface area (Å²) >= 11 is 6.09. The first kappa shape index (κ1) is 16.3. The van der Waals surface area contributed by atoms with Gasteiger partial charge in [-0.05, 0) is 50.3 Å². The zero-order chi connectivity index (χ0) is 16.4. The maximum atomic E-state index is 12.6. The summed E-state index contributed by atoms with van der Waals surface area (Å²) < 4.78 is 0. The van der Waals surface area contributed by atoms with Gasteiger partial charge in [0, 0.05) is 16.8 Å². The molecule has 0 heterocycles. The lowest BCUT2D eigenvalue weighted by Crippen LogP contribution is -2.45. The van der Waals surface area contributed by atoms with Gasteiger partial charge in [0.05, 0.1) is 0 Å². The van der Waals surface area contributed by atoms with E-state index in [-0.39, 0.29) is 17.9 Å². The first-order chi connectivity index (χ1) is 11.0. The van der Waals surface area contributed by atoms with E-state index in [2.05, 4.69) is 10.6 Å². The van der Waals surface area contributed by atoms with Crippen molar-refractivity contribution in [2.45, 2.75) is 57.9 Å². The average Bonchev–Trinajstić information content (AvgIpc) is 3.35. The Bertz CT molecular complexity index is 619. The zero-order valence-electron chi connectivity index (χ0n) is 13.5. The predicted octanol–water partition coefficient (Wildman–Crippen LogP) is 3.82. The standard InChI is InChI=1S/C18H23ClN2O2/c1-12-14(19)8-5-9-15(12)21-17(23)18(10-11-18)16(22)20-13-6-3-2-4-7-13/h5,8-9,13H,2-4,6-7,10-11H2,1H3,(H,20,22)(H,21,23). The maximum absolute atomic E-state index is 12.6. The van der Waals surface area contributed by atoms with Crippen LogP contribution in [-0.4, -0.2) is 17.9 Å². The van der Waals surface area contributed by atoms with Crippen molar-refractivity contribution >= 4 is 29.1 Å². The number of nitrogens with one attached hydrogen (secondary N) is 2. The van der Waals surface area contributed by atoms with E-state index in [1.807, 2.05) is 13.0 Å². The molecule has 2 N–H and O–H groups in total. The summed E-state index contributed by atoms with van der Waals surface area (Å²) in [7, 11) is 0. The van der Waals surface area contributed by atoms with Gasteiger partial charge in [-0.2, -0.15) is 0 Å². The molecule has 2 aliphatic carbocycles. The second-order valence-corrected chi connectivity index (χ2v) is 7.16. The van der Waals surface area contributed by atoms with Crippen molar-refractivity contribution in [2.75, 3.05) is 5.32 Å². The van der Waals surface area contributed by atoms with Crippen LogP contribution in [0.15, 0.2) is 18.2 Å². The van der Waals surface area contributed by atoms with E-state index in [1.54, 1.807) is 12.1 Å². The quantitative estimate of drug-likeness (QED) is 0.822. The van der Waals surface area contributed by atoms with Crippen LogP contribution in [0.3, 0.4) is 0 Å². The Balaban J connectivity index is 1.66. The van der Waals surface area contributed by atoms with Gasteiger partial charge in [-0.25, -0.2) is 0 Å². The highest BCUT2D eigenvalue weighted by Gasteiger charge is 2.56. The minimum atomic E-state index is -0.883. The third kappa shape index (κ3) is 3.37. The normalized spacial score (nSPS) is 19.9. The molecule has 0 unspecified atom stereocenters. The van der Waals surface area contributed by atoms with Gasteiger partial charge >= 0.3 is 0 Å². The number of hydrogen-bond acceptors (Lipinski definition) is 2. The Morgan fingerprint density at radius 2 is 1.83 bits per heavy atom. The first-order valence-electron chi connectivity index (χ1n) is 8.40. The molecule has 0 saturated heterocycles. The Morgan fingerprint density at radius 3 is 2.48 bits per heavy atom. The van der Waals surface area contributed by atoms with Crippen LogP contribution in [0, 0.1) is 12.3 Å². The van der Waals surface area contributed by atoms with Gasteiger partial charge in [0.25, 0.3) is 0 Å². The number of halogens is 1. The molecule has 2 fully saturated rings. The fourth-order valence-electron chi connectivity index (χ4n) is 3.24. The number of rotatable bonds is 4. The second-order valence-electron chi connectivity index (χ2n) is 6.76. The van der Waals surface area contributed by atoms with E-state index >= 15 is 0 Å². The van der Waals surface area contributed by atoms with E-state index in [0.29, 0.717) is 23.6 Å². The third-order valence-electron chi connectivity index (χ3n) is 5.08. The predicted molar refractivity (Wildman–Crippen MR) is 91.5 cm³/mol. The monoisotopic (exact) mass is 334 g/mol. The highest BCUT2D eigenvalue weighted by Crippen LogP contribution is 2.47. The molecule has 5 heteroatoms. The fourth-order valence-corrected chi connectivity index (χ4v) is 3.41. The molecule has 1 aromatic rings. The summed E-state index contributed by atoms with van der Waals surface area (Å²) in [4.78, 5) is 25.2. The molecule has 0 aromatic heterocycles. The van der Waals surface area contributed by atoms with Crippen LogP contribution in [0.25, 0.3) is 0 Å². The number of amides is 2. The van der Waals surface area contributed by atoms with Gasteiger partial charge in [0.15, 0.2) is 0 Å². The Hall–Kier alpha value is -1.55. The number of carbonyl (C=O) groups excluding carboxylic acids is 2. The van der Waals surface area contributed by atoms with E-state index < -0.39 is 5.41 Å². The Kier molecular flexibility index (Phi) is 4.62. The van der Waals surface area contributed by atoms with Gasteiger partial charge < -0.3 is 10.6 Å². The lowest BCUT2D eigenvalue weighted by molar-refractivity contribution is -0.135. The zero-order valence-corrected chi connectivity index (χ0v) is 14.2. The summed E-state index contributed by atoms with van der Waals surface area (Å²) in [6, 6.07) is 5.63. The number of hydrogen-bond donors (Lipinski definition) is 2. The van der Waals surface area contributed by atoms with Crippen molar-refractivity contribution in [3.05, 3.63) is 28.8 Å². The minimum Gasteiger partial charge on any atom is -0.352 e. The smallest absolute Gasteiger partial charge is 0.240 e. The van der Waals surface area contributed by atoms with Crippen molar-refractivity contribution in [2.24, 2.45) is 5.41 Å². The summed E-state index contributed by atoms with van der Waals surface area (Å²) in [5.74, 6) is -0.322. The van der Waals surface area contributed by atoms with E-state index in [0.717, 1.165) is 31.2 Å². The lowest BCUT2D eigenvalue weighted by atomic mass is 9.94. The van der Waals surface area contributed by atoms with E-state index in [1.165, 1.54) is 6.42 Å². The molecule has 0 radical (unpaired) electrons. The fraction of sp³-hybridized carbons (Fsp3) is 0.556. The van der Waals surface area contributed by atoms with Gasteiger partial charge in [-0.3, -0.25) is 9.59 Å². The molecule has 2 amide bonds. The molecule has 0 atom stereocenters. The van der Waals surface area contributed by atoms with Crippen LogP contribution >= 0.6 is 11.6 Å². The van der Waals surface area contributed by atoms with E-state index in [9.17, 15) is 9.59 Å². The molecule has 0 aliphatic heterocycles. The Labute approximate surface area is 142 Å². The Morgan fingerprint density at radius 1 is 1.13 bits per heavy atom. The summed E-state index contributed by atoms with van der Waals surface area (Å²) in [6.45, 7) is 1.86. The van der Waals surface area contributed by atoms with Gasteiger partial charge in [-0.15, -0.1) is 0 Å². The lowest BCUT2D eigenvalue weighted by Gasteiger charge is -2.25. The van der Waals surface area contributed by atoms with Crippen LogP contribution in [-0.2, 0) is 9.59 Å². The van der Waals surface area contributed by atoms with E-state index in [4.69, 9.17) is 11.6 Å². The molecule has 2 aliphatic rings. The van der Waals surface area contributed by atoms with Crippen molar-refractivity contribution in [1.82, 2.24) is 5.32 Å². The van der Waals surface area contributed by atoms with Crippen molar-refractivity contribution in [3.63, 3.8) is 0 Å². The molecule has 0 bridgehead atoms. The van der Waals surface area contributed by atoms with Gasteiger partial charge in [0.1, 0.15) is 5.41 Å². The highest BCUT2D eigenvalue weighted by atomic mass is 35.5. The topological polar surface area (TPSA) is 58.2 Å². The molecule has 2 saturated carbocycles.